The first-order valence-electron chi connectivity index (χ1n) is 3.58. The standard InChI is InChI=1S/C7H13NO2/c1-5(2)6-3-7(9)8-4-10-6/h5-6H,3-4H2,1-2H3,(H,8,9). The molecule has 1 rings (SSSR count). The minimum absolute atomic E-state index is 0.102. The van der Waals surface area contributed by atoms with Crippen LogP contribution in [0.15, 0.2) is 0 Å². The van der Waals surface area contributed by atoms with Gasteiger partial charge >= 0.3 is 0 Å². The van der Waals surface area contributed by atoms with E-state index in [0.29, 0.717) is 19.1 Å². The van der Waals surface area contributed by atoms with E-state index >= 15 is 0 Å². The zero-order chi connectivity index (χ0) is 7.56. The minimum Gasteiger partial charge on any atom is -0.357 e. The van der Waals surface area contributed by atoms with Crippen LogP contribution in [0.1, 0.15) is 20.3 Å². The summed E-state index contributed by atoms with van der Waals surface area (Å²) in [7, 11) is 0. The lowest BCUT2D eigenvalue weighted by Crippen LogP contribution is -2.40. The second-order valence-corrected chi connectivity index (χ2v) is 2.90. The van der Waals surface area contributed by atoms with Gasteiger partial charge in [0.2, 0.25) is 5.91 Å². The number of carbonyl (C=O) groups is 1. The highest BCUT2D eigenvalue weighted by molar-refractivity contribution is 5.76. The Morgan fingerprint density at radius 3 is 2.80 bits per heavy atom. The average molecular weight is 143 g/mol. The number of carbonyl (C=O) groups excluding carboxylic acids is 1. The van der Waals surface area contributed by atoms with Gasteiger partial charge in [-0.1, -0.05) is 13.8 Å². The van der Waals surface area contributed by atoms with Gasteiger partial charge in [-0.3, -0.25) is 4.79 Å². The second kappa shape index (κ2) is 3.01. The maximum atomic E-state index is 10.8. The molecule has 0 spiro atoms. The molecule has 0 aliphatic carbocycles. The van der Waals surface area contributed by atoms with Crippen LogP contribution in [0.2, 0.25) is 0 Å². The van der Waals surface area contributed by atoms with Crippen molar-refractivity contribution in [2.75, 3.05) is 6.73 Å². The molecule has 0 saturated carbocycles. The van der Waals surface area contributed by atoms with Gasteiger partial charge < -0.3 is 10.1 Å². The van der Waals surface area contributed by atoms with Gasteiger partial charge in [0.15, 0.2) is 0 Å². The van der Waals surface area contributed by atoms with Crippen LogP contribution < -0.4 is 5.32 Å². The summed E-state index contributed by atoms with van der Waals surface area (Å²) in [6.45, 7) is 4.49. The maximum Gasteiger partial charge on any atom is 0.224 e. The molecule has 0 aromatic carbocycles. The van der Waals surface area contributed by atoms with E-state index in [1.165, 1.54) is 0 Å². The topological polar surface area (TPSA) is 38.3 Å². The summed E-state index contributed by atoms with van der Waals surface area (Å²) in [6, 6.07) is 0. The van der Waals surface area contributed by atoms with Gasteiger partial charge in [-0.2, -0.15) is 0 Å². The Labute approximate surface area is 60.7 Å². The molecule has 0 bridgehead atoms. The number of rotatable bonds is 1. The van der Waals surface area contributed by atoms with Gasteiger partial charge in [0.05, 0.1) is 12.5 Å². The molecule has 0 radical (unpaired) electrons. The smallest absolute Gasteiger partial charge is 0.224 e. The summed E-state index contributed by atoms with van der Waals surface area (Å²) in [5, 5.41) is 2.61. The fourth-order valence-corrected chi connectivity index (χ4v) is 0.971. The number of nitrogens with one attached hydrogen (secondary N) is 1. The van der Waals surface area contributed by atoms with Crippen molar-refractivity contribution in [3.05, 3.63) is 0 Å². The predicted octanol–water partition coefficient (Wildman–Crippen LogP) is 0.505. The summed E-state index contributed by atoms with van der Waals surface area (Å²) >= 11 is 0. The molecule has 0 aromatic heterocycles. The lowest BCUT2D eigenvalue weighted by molar-refractivity contribution is -0.134. The molecule has 1 saturated heterocycles. The van der Waals surface area contributed by atoms with E-state index in [1.54, 1.807) is 0 Å². The fourth-order valence-electron chi connectivity index (χ4n) is 0.971. The summed E-state index contributed by atoms with van der Waals surface area (Å²) < 4.78 is 5.28. The Bertz CT molecular complexity index is 134. The van der Waals surface area contributed by atoms with Gasteiger partial charge in [-0.25, -0.2) is 0 Å². The molecular formula is C7H13NO2. The van der Waals surface area contributed by atoms with Crippen molar-refractivity contribution in [1.82, 2.24) is 5.32 Å². The Morgan fingerprint density at radius 2 is 2.40 bits per heavy atom. The third-order valence-corrected chi connectivity index (χ3v) is 1.70. The number of ether oxygens (including phenoxy) is 1. The molecule has 1 unspecified atom stereocenters. The molecule has 0 aromatic rings. The van der Waals surface area contributed by atoms with Crippen molar-refractivity contribution in [1.29, 1.82) is 0 Å². The highest BCUT2D eigenvalue weighted by Gasteiger charge is 2.21. The van der Waals surface area contributed by atoms with Crippen LogP contribution in [0.5, 0.6) is 0 Å². The lowest BCUT2D eigenvalue weighted by atomic mass is 10.0. The summed E-state index contributed by atoms with van der Waals surface area (Å²) in [4.78, 5) is 10.8. The summed E-state index contributed by atoms with van der Waals surface area (Å²) in [6.07, 6.45) is 0.631. The van der Waals surface area contributed by atoms with Crippen molar-refractivity contribution >= 4 is 5.91 Å². The first-order valence-corrected chi connectivity index (χ1v) is 3.58. The van der Waals surface area contributed by atoms with Crippen molar-refractivity contribution in [3.63, 3.8) is 0 Å². The highest BCUT2D eigenvalue weighted by Crippen LogP contribution is 2.12. The van der Waals surface area contributed by atoms with Gasteiger partial charge in [0.25, 0.3) is 0 Å². The van der Waals surface area contributed by atoms with E-state index < -0.39 is 0 Å². The molecule has 10 heavy (non-hydrogen) atoms. The Kier molecular flexibility index (Phi) is 2.27. The van der Waals surface area contributed by atoms with Gasteiger partial charge in [-0.15, -0.1) is 0 Å². The first-order chi connectivity index (χ1) is 4.70. The van der Waals surface area contributed by atoms with Crippen LogP contribution in [-0.2, 0) is 9.53 Å². The van der Waals surface area contributed by atoms with Crippen LogP contribution in [0.25, 0.3) is 0 Å². The van der Waals surface area contributed by atoms with Crippen LogP contribution in [0, 0.1) is 5.92 Å². The molecule has 1 amide bonds. The van der Waals surface area contributed by atoms with Gasteiger partial charge in [-0.05, 0) is 5.92 Å². The van der Waals surface area contributed by atoms with Crippen LogP contribution in [-0.4, -0.2) is 18.7 Å². The Morgan fingerprint density at radius 1 is 1.70 bits per heavy atom. The van der Waals surface area contributed by atoms with E-state index in [-0.39, 0.29) is 12.0 Å². The number of amides is 1. The van der Waals surface area contributed by atoms with E-state index in [0.717, 1.165) is 0 Å². The van der Waals surface area contributed by atoms with Crippen molar-refractivity contribution in [2.45, 2.75) is 26.4 Å². The van der Waals surface area contributed by atoms with E-state index in [1.807, 2.05) is 0 Å². The summed E-state index contributed by atoms with van der Waals surface area (Å²) in [5.41, 5.74) is 0. The summed E-state index contributed by atoms with van der Waals surface area (Å²) in [5.74, 6) is 0.538. The third kappa shape index (κ3) is 1.70. The van der Waals surface area contributed by atoms with Crippen LogP contribution in [0.3, 0.4) is 0 Å². The zero-order valence-electron chi connectivity index (χ0n) is 6.39. The lowest BCUT2D eigenvalue weighted by Gasteiger charge is -2.25. The largest absolute Gasteiger partial charge is 0.357 e. The molecule has 3 heteroatoms. The SMILES string of the molecule is CC(C)C1CC(=O)NCO1. The second-order valence-electron chi connectivity index (χ2n) is 2.90. The quantitative estimate of drug-likeness (QED) is 0.580. The molecular weight excluding hydrogens is 130 g/mol. The van der Waals surface area contributed by atoms with E-state index in [4.69, 9.17) is 4.74 Å². The molecule has 1 aliphatic heterocycles. The fraction of sp³-hybridized carbons (Fsp3) is 0.857. The number of hydrogen-bond acceptors (Lipinski definition) is 2. The first kappa shape index (κ1) is 7.54. The third-order valence-electron chi connectivity index (χ3n) is 1.70. The molecule has 58 valence electrons. The molecule has 1 atom stereocenters. The molecule has 3 nitrogen and oxygen atoms in total. The van der Waals surface area contributed by atoms with Crippen LogP contribution in [0.4, 0.5) is 0 Å². The maximum absolute atomic E-state index is 10.8. The molecule has 1 N–H and O–H groups in total. The Balaban J connectivity index is 2.39. The van der Waals surface area contributed by atoms with Crippen LogP contribution >= 0.6 is 0 Å². The van der Waals surface area contributed by atoms with E-state index in [2.05, 4.69) is 19.2 Å². The molecule has 1 heterocycles. The number of hydrogen-bond donors (Lipinski definition) is 1. The van der Waals surface area contributed by atoms with Crippen molar-refractivity contribution < 1.29 is 9.53 Å². The highest BCUT2D eigenvalue weighted by atomic mass is 16.5. The zero-order valence-corrected chi connectivity index (χ0v) is 6.39. The predicted molar refractivity (Wildman–Crippen MR) is 37.3 cm³/mol. The van der Waals surface area contributed by atoms with Crippen molar-refractivity contribution in [3.8, 4) is 0 Å². The van der Waals surface area contributed by atoms with Gasteiger partial charge in [0.1, 0.15) is 6.73 Å². The Hall–Kier alpha value is -0.570. The van der Waals surface area contributed by atoms with E-state index in [9.17, 15) is 4.79 Å². The monoisotopic (exact) mass is 143 g/mol. The minimum atomic E-state index is 0.102. The average Bonchev–Trinajstić information content (AvgIpc) is 1.88. The van der Waals surface area contributed by atoms with Gasteiger partial charge in [0, 0.05) is 0 Å². The van der Waals surface area contributed by atoms with Crippen molar-refractivity contribution in [2.24, 2.45) is 5.92 Å². The molecule has 1 aliphatic rings. The normalized spacial score (nSPS) is 26.7. The molecule has 1 fully saturated rings.